The molecule has 2 aromatic carbocycles. The molecular weight excluding hydrogens is 430 g/mol. The van der Waals surface area contributed by atoms with Crippen molar-refractivity contribution in [1.29, 1.82) is 0 Å². The second-order valence-corrected chi connectivity index (χ2v) is 8.05. The number of hydrogen-bond acceptors (Lipinski definition) is 4. The number of hydrogen-bond donors (Lipinski definition) is 2. The molecule has 2 N–H and O–H groups in total. The minimum absolute atomic E-state index is 0.268. The molecule has 5 rings (SSSR count). The number of nitrogens with one attached hydrogen (secondary N) is 2. The molecule has 3 heterocycles. The number of hydrazine groups is 1. The third kappa shape index (κ3) is 4.09. The highest BCUT2D eigenvalue weighted by Gasteiger charge is 2.15. The molecule has 8 nitrogen and oxygen atoms in total. The van der Waals surface area contributed by atoms with Crippen molar-refractivity contribution in [3.63, 3.8) is 0 Å². The minimum Gasteiger partial charge on any atom is -0.487 e. The number of aryl methyl sites for hydroxylation is 2. The Bertz CT molecular complexity index is 1530. The summed E-state index contributed by atoms with van der Waals surface area (Å²) in [4.78, 5) is 29.9. The van der Waals surface area contributed by atoms with Gasteiger partial charge in [-0.25, -0.2) is 4.98 Å². The van der Waals surface area contributed by atoms with Crippen molar-refractivity contribution in [1.82, 2.24) is 24.8 Å². The second-order valence-electron chi connectivity index (χ2n) is 8.05. The first-order valence-corrected chi connectivity index (χ1v) is 10.8. The number of nitrogens with zero attached hydrogens (tertiary/aromatic N) is 3. The number of para-hydroxylation sites is 1. The Morgan fingerprint density at radius 1 is 0.971 bits per heavy atom. The molecule has 34 heavy (non-hydrogen) atoms. The lowest BCUT2D eigenvalue weighted by Crippen LogP contribution is -2.41. The predicted octanol–water partition coefficient (Wildman–Crippen LogP) is 3.79. The molecule has 0 spiro atoms. The molecule has 170 valence electrons. The summed E-state index contributed by atoms with van der Waals surface area (Å²) in [6.07, 6.45) is 5.60. The molecule has 0 bridgehead atoms. The molecule has 3 aromatic heterocycles. The first-order valence-electron chi connectivity index (χ1n) is 10.8. The van der Waals surface area contributed by atoms with E-state index < -0.39 is 5.91 Å². The van der Waals surface area contributed by atoms with Gasteiger partial charge in [-0.05, 0) is 42.8 Å². The van der Waals surface area contributed by atoms with Crippen LogP contribution >= 0.6 is 0 Å². The van der Waals surface area contributed by atoms with Crippen molar-refractivity contribution in [3.8, 4) is 5.75 Å². The Morgan fingerprint density at radius 2 is 1.79 bits per heavy atom. The molecular formula is C26H23N5O3. The van der Waals surface area contributed by atoms with Crippen LogP contribution in [0.1, 0.15) is 32.0 Å². The summed E-state index contributed by atoms with van der Waals surface area (Å²) in [6.45, 7) is 2.28. The first-order chi connectivity index (χ1) is 16.5. The molecule has 2 amide bonds. The Labute approximate surface area is 195 Å². The third-order valence-corrected chi connectivity index (χ3v) is 5.64. The van der Waals surface area contributed by atoms with Gasteiger partial charge in [-0.1, -0.05) is 30.3 Å². The minimum atomic E-state index is -0.442. The van der Waals surface area contributed by atoms with E-state index in [1.54, 1.807) is 30.5 Å². The van der Waals surface area contributed by atoms with E-state index in [0.717, 1.165) is 27.8 Å². The van der Waals surface area contributed by atoms with Crippen LogP contribution in [0, 0.1) is 6.92 Å². The fourth-order valence-corrected chi connectivity index (χ4v) is 3.93. The maximum absolute atomic E-state index is 12.7. The molecule has 5 aromatic rings. The van der Waals surface area contributed by atoms with E-state index in [0.29, 0.717) is 16.9 Å². The van der Waals surface area contributed by atoms with E-state index in [1.165, 1.54) is 0 Å². The van der Waals surface area contributed by atoms with E-state index >= 15 is 0 Å². The highest BCUT2D eigenvalue weighted by atomic mass is 16.5. The van der Waals surface area contributed by atoms with Crippen molar-refractivity contribution in [3.05, 3.63) is 102 Å². The average molecular weight is 454 g/mol. The smallest absolute Gasteiger partial charge is 0.271 e. The Kier molecular flexibility index (Phi) is 5.47. The van der Waals surface area contributed by atoms with Crippen LogP contribution in [0.5, 0.6) is 5.75 Å². The van der Waals surface area contributed by atoms with Crippen LogP contribution in [0.15, 0.2) is 79.3 Å². The number of pyridine rings is 1. The summed E-state index contributed by atoms with van der Waals surface area (Å²) in [7, 11) is 1.87. The highest BCUT2D eigenvalue weighted by Crippen LogP contribution is 2.20. The predicted molar refractivity (Wildman–Crippen MR) is 129 cm³/mol. The van der Waals surface area contributed by atoms with E-state index in [-0.39, 0.29) is 12.5 Å². The summed E-state index contributed by atoms with van der Waals surface area (Å²) in [5.41, 5.74) is 9.50. The van der Waals surface area contributed by atoms with Crippen LogP contribution in [-0.4, -0.2) is 25.8 Å². The maximum atomic E-state index is 12.7. The zero-order valence-electron chi connectivity index (χ0n) is 18.8. The normalized spacial score (nSPS) is 11.0. The lowest BCUT2D eigenvalue weighted by molar-refractivity contribution is 0.0847. The Hall–Kier alpha value is -4.59. The first kappa shape index (κ1) is 21.3. The largest absolute Gasteiger partial charge is 0.487 e. The van der Waals surface area contributed by atoms with E-state index in [4.69, 9.17) is 4.74 Å². The van der Waals surface area contributed by atoms with Crippen molar-refractivity contribution in [2.75, 3.05) is 0 Å². The van der Waals surface area contributed by atoms with Gasteiger partial charge in [0.15, 0.2) is 0 Å². The summed E-state index contributed by atoms with van der Waals surface area (Å²) in [5, 5.41) is 0.814. The number of amides is 2. The van der Waals surface area contributed by atoms with Crippen molar-refractivity contribution in [2.45, 2.75) is 13.5 Å². The fourth-order valence-electron chi connectivity index (χ4n) is 3.93. The van der Waals surface area contributed by atoms with Crippen molar-refractivity contribution < 1.29 is 14.3 Å². The standard InChI is InChI=1S/C26H23N5O3/c1-17-7-6-12-31-14-19(27-24(17)31)16-34-20-9-5-8-18(13-20)25(32)28-29-26(33)22-15-30(2)23-11-4-3-10-21(22)23/h3-15H,16H2,1-2H3,(H,28,32)(H,29,33). The molecule has 0 aliphatic rings. The SMILES string of the molecule is Cc1cccn2cc(COc3cccc(C(=O)NNC(=O)c4cn(C)c5ccccc45)c3)nc12. The molecule has 0 aliphatic carbocycles. The molecule has 8 heteroatoms. The lowest BCUT2D eigenvalue weighted by atomic mass is 10.2. The molecule has 0 aliphatic heterocycles. The van der Waals surface area contributed by atoms with Crippen LogP contribution in [-0.2, 0) is 13.7 Å². The van der Waals surface area contributed by atoms with Crippen LogP contribution in [0.4, 0.5) is 0 Å². The zero-order valence-corrected chi connectivity index (χ0v) is 18.8. The monoisotopic (exact) mass is 453 g/mol. The van der Waals surface area contributed by atoms with Gasteiger partial charge in [0, 0.05) is 42.1 Å². The molecule has 0 radical (unpaired) electrons. The van der Waals surface area contributed by atoms with E-state index in [2.05, 4.69) is 15.8 Å². The number of carbonyl (C=O) groups excluding carboxylic acids is 2. The molecule has 0 saturated carbocycles. The third-order valence-electron chi connectivity index (χ3n) is 5.64. The van der Waals surface area contributed by atoms with Gasteiger partial charge in [0.2, 0.25) is 0 Å². The average Bonchev–Trinajstić information content (AvgIpc) is 3.43. The van der Waals surface area contributed by atoms with Gasteiger partial charge in [0.25, 0.3) is 11.8 Å². The summed E-state index contributed by atoms with van der Waals surface area (Å²) in [5.74, 6) is -0.302. The van der Waals surface area contributed by atoms with E-state index in [1.807, 2.05) is 71.7 Å². The number of ether oxygens (including phenoxy) is 1. The van der Waals surface area contributed by atoms with Gasteiger partial charge in [-0.2, -0.15) is 0 Å². The quantitative estimate of drug-likeness (QED) is 0.396. The second kappa shape index (κ2) is 8.74. The number of rotatable bonds is 5. The van der Waals surface area contributed by atoms with Crippen LogP contribution in [0.2, 0.25) is 0 Å². The van der Waals surface area contributed by atoms with E-state index in [9.17, 15) is 9.59 Å². The van der Waals surface area contributed by atoms with Gasteiger partial charge in [-0.3, -0.25) is 20.4 Å². The molecule has 0 atom stereocenters. The van der Waals surface area contributed by atoms with Crippen molar-refractivity contribution >= 4 is 28.4 Å². The fraction of sp³-hybridized carbons (Fsp3) is 0.115. The summed E-state index contributed by atoms with van der Waals surface area (Å²) < 4.78 is 9.68. The van der Waals surface area contributed by atoms with Crippen LogP contribution in [0.25, 0.3) is 16.6 Å². The molecule has 0 saturated heterocycles. The molecule has 0 fully saturated rings. The number of aromatic nitrogens is 3. The van der Waals surface area contributed by atoms with Gasteiger partial charge in [-0.15, -0.1) is 0 Å². The lowest BCUT2D eigenvalue weighted by Gasteiger charge is -2.09. The van der Waals surface area contributed by atoms with Gasteiger partial charge >= 0.3 is 0 Å². The number of fused-ring (bicyclic) bond motifs is 2. The summed E-state index contributed by atoms with van der Waals surface area (Å²) >= 11 is 0. The Morgan fingerprint density at radius 3 is 2.65 bits per heavy atom. The highest BCUT2D eigenvalue weighted by molar-refractivity contribution is 6.08. The van der Waals surface area contributed by atoms with Crippen molar-refractivity contribution in [2.24, 2.45) is 7.05 Å². The van der Waals surface area contributed by atoms with Gasteiger partial charge in [0.1, 0.15) is 18.0 Å². The van der Waals surface area contributed by atoms with Crippen LogP contribution in [0.3, 0.4) is 0 Å². The topological polar surface area (TPSA) is 89.7 Å². The van der Waals surface area contributed by atoms with Gasteiger partial charge in [0.05, 0.1) is 11.3 Å². The zero-order chi connectivity index (χ0) is 23.7. The maximum Gasteiger partial charge on any atom is 0.271 e. The Balaban J connectivity index is 1.23. The van der Waals surface area contributed by atoms with Crippen LogP contribution < -0.4 is 15.6 Å². The number of carbonyl (C=O) groups is 2. The van der Waals surface area contributed by atoms with Gasteiger partial charge < -0.3 is 13.7 Å². The molecule has 0 unspecified atom stereocenters. The number of imidazole rings is 1. The summed E-state index contributed by atoms with van der Waals surface area (Å²) in [6, 6.07) is 18.3. The number of benzene rings is 2.